The highest BCUT2D eigenvalue weighted by atomic mass is 16.6. The zero-order valence-corrected chi connectivity index (χ0v) is 18.9. The summed E-state index contributed by atoms with van der Waals surface area (Å²) in [6, 6.07) is 10.1. The van der Waals surface area contributed by atoms with Gasteiger partial charge in [0, 0.05) is 42.4 Å². The van der Waals surface area contributed by atoms with E-state index in [4.69, 9.17) is 14.2 Å². The Bertz CT molecular complexity index is 1190. The first-order valence-electron chi connectivity index (χ1n) is 11.1. The normalized spacial score (nSPS) is 19.9. The van der Waals surface area contributed by atoms with Crippen LogP contribution < -0.4 is 29.7 Å². The van der Waals surface area contributed by atoms with Crippen molar-refractivity contribution in [2.24, 2.45) is 0 Å². The van der Waals surface area contributed by atoms with Crippen LogP contribution in [0, 0.1) is 0 Å². The van der Waals surface area contributed by atoms with Crippen molar-refractivity contribution in [3.63, 3.8) is 0 Å². The van der Waals surface area contributed by atoms with Crippen LogP contribution in [0.5, 0.6) is 17.5 Å². The monoisotopic (exact) mass is 449 g/mol. The standard InChI is InChI=1S/C24H27N5O4/c1-14-12-29(13-15(2)26-14)19-8-7-16(21-17(19)11-25-24(28-21)31-3)23(30)27-18-5-4-6-20-22(18)33-10-9-32-20/h4-8,11,14-15,26H,9-10,12-13H2,1-3H3,(H,27,30). The Kier molecular flexibility index (Phi) is 5.63. The number of amides is 1. The number of hydrogen-bond donors (Lipinski definition) is 2. The minimum Gasteiger partial charge on any atom is -0.486 e. The molecule has 0 bridgehead atoms. The summed E-state index contributed by atoms with van der Waals surface area (Å²) in [5.41, 5.74) is 2.52. The molecule has 1 amide bonds. The summed E-state index contributed by atoms with van der Waals surface area (Å²) in [5.74, 6) is 0.858. The lowest BCUT2D eigenvalue weighted by Gasteiger charge is -2.38. The molecule has 2 aromatic carbocycles. The topological polar surface area (TPSA) is 97.8 Å². The van der Waals surface area contributed by atoms with Gasteiger partial charge in [-0.25, -0.2) is 4.98 Å². The predicted octanol–water partition coefficient (Wildman–Crippen LogP) is 2.85. The number of carbonyl (C=O) groups excluding carboxylic acids is 1. The number of piperazine rings is 1. The molecular weight excluding hydrogens is 422 g/mol. The quantitative estimate of drug-likeness (QED) is 0.628. The van der Waals surface area contributed by atoms with Gasteiger partial charge in [0.05, 0.1) is 23.9 Å². The number of aromatic nitrogens is 2. The van der Waals surface area contributed by atoms with Crippen LogP contribution in [0.2, 0.25) is 0 Å². The zero-order chi connectivity index (χ0) is 22.9. The molecule has 3 heterocycles. The number of para-hydroxylation sites is 1. The lowest BCUT2D eigenvalue weighted by atomic mass is 10.0. The van der Waals surface area contributed by atoms with Gasteiger partial charge in [0.1, 0.15) is 13.2 Å². The van der Waals surface area contributed by atoms with Gasteiger partial charge in [-0.15, -0.1) is 0 Å². The summed E-state index contributed by atoms with van der Waals surface area (Å²) in [5, 5.41) is 7.31. The maximum atomic E-state index is 13.4. The third-order valence-electron chi connectivity index (χ3n) is 5.85. The summed E-state index contributed by atoms with van der Waals surface area (Å²) < 4.78 is 16.6. The van der Waals surface area contributed by atoms with Crippen LogP contribution in [0.4, 0.5) is 11.4 Å². The van der Waals surface area contributed by atoms with E-state index in [0.717, 1.165) is 24.2 Å². The molecule has 1 aromatic heterocycles. The molecule has 2 aliphatic rings. The average molecular weight is 450 g/mol. The summed E-state index contributed by atoms with van der Waals surface area (Å²) >= 11 is 0. The molecule has 2 unspecified atom stereocenters. The molecule has 0 saturated carbocycles. The van der Waals surface area contributed by atoms with Crippen molar-refractivity contribution >= 4 is 28.2 Å². The number of carbonyl (C=O) groups is 1. The van der Waals surface area contributed by atoms with E-state index in [1.165, 1.54) is 7.11 Å². The number of fused-ring (bicyclic) bond motifs is 2. The van der Waals surface area contributed by atoms with Gasteiger partial charge in [-0.1, -0.05) is 6.07 Å². The van der Waals surface area contributed by atoms with E-state index in [2.05, 4.69) is 39.3 Å². The van der Waals surface area contributed by atoms with Gasteiger partial charge in [0.2, 0.25) is 0 Å². The average Bonchev–Trinajstić information content (AvgIpc) is 2.82. The van der Waals surface area contributed by atoms with E-state index >= 15 is 0 Å². The van der Waals surface area contributed by atoms with Crippen molar-refractivity contribution in [1.82, 2.24) is 15.3 Å². The molecule has 172 valence electrons. The molecule has 1 saturated heterocycles. The Hall–Kier alpha value is -3.59. The molecular formula is C24H27N5O4. The van der Waals surface area contributed by atoms with Crippen molar-refractivity contribution in [3.05, 3.63) is 42.1 Å². The van der Waals surface area contributed by atoms with Gasteiger partial charge in [-0.2, -0.15) is 4.98 Å². The Morgan fingerprint density at radius 1 is 1.15 bits per heavy atom. The number of hydrogen-bond acceptors (Lipinski definition) is 8. The third kappa shape index (κ3) is 4.11. The molecule has 0 aliphatic carbocycles. The maximum absolute atomic E-state index is 13.4. The molecule has 5 rings (SSSR count). The first-order valence-corrected chi connectivity index (χ1v) is 11.1. The fourth-order valence-corrected chi connectivity index (χ4v) is 4.53. The molecule has 2 aliphatic heterocycles. The number of benzene rings is 2. The Labute approximate surface area is 192 Å². The number of methoxy groups -OCH3 is 1. The lowest BCUT2D eigenvalue weighted by molar-refractivity contribution is 0.102. The lowest BCUT2D eigenvalue weighted by Crippen LogP contribution is -2.54. The van der Waals surface area contributed by atoms with Crippen molar-refractivity contribution in [1.29, 1.82) is 0 Å². The van der Waals surface area contributed by atoms with Gasteiger partial charge in [-0.05, 0) is 38.1 Å². The summed E-state index contributed by atoms with van der Waals surface area (Å²) in [7, 11) is 1.51. The van der Waals surface area contributed by atoms with Crippen LogP contribution in [-0.4, -0.2) is 61.4 Å². The number of nitrogens with one attached hydrogen (secondary N) is 2. The Balaban J connectivity index is 1.54. The summed E-state index contributed by atoms with van der Waals surface area (Å²) in [4.78, 5) is 24.5. The van der Waals surface area contributed by atoms with Gasteiger partial charge < -0.3 is 29.7 Å². The van der Waals surface area contributed by atoms with E-state index in [1.807, 2.05) is 24.3 Å². The van der Waals surface area contributed by atoms with E-state index < -0.39 is 0 Å². The van der Waals surface area contributed by atoms with Crippen molar-refractivity contribution < 1.29 is 19.0 Å². The van der Waals surface area contributed by atoms with E-state index in [9.17, 15) is 4.79 Å². The van der Waals surface area contributed by atoms with Crippen LogP contribution in [0.15, 0.2) is 36.5 Å². The zero-order valence-electron chi connectivity index (χ0n) is 18.9. The minimum atomic E-state index is -0.295. The van der Waals surface area contributed by atoms with Crippen molar-refractivity contribution in [3.8, 4) is 17.5 Å². The van der Waals surface area contributed by atoms with Crippen molar-refractivity contribution in [2.75, 3.05) is 43.6 Å². The van der Waals surface area contributed by atoms with E-state index in [-0.39, 0.29) is 11.9 Å². The molecule has 0 radical (unpaired) electrons. The van der Waals surface area contributed by atoms with Crippen molar-refractivity contribution in [2.45, 2.75) is 25.9 Å². The Morgan fingerprint density at radius 3 is 2.73 bits per heavy atom. The molecule has 0 spiro atoms. The molecule has 2 N–H and O–H groups in total. The van der Waals surface area contributed by atoms with Gasteiger partial charge >= 0.3 is 6.01 Å². The number of rotatable bonds is 4. The second-order valence-corrected chi connectivity index (χ2v) is 8.41. The second-order valence-electron chi connectivity index (χ2n) is 8.41. The highest BCUT2D eigenvalue weighted by Gasteiger charge is 2.25. The molecule has 3 aromatic rings. The molecule has 9 nitrogen and oxygen atoms in total. The highest BCUT2D eigenvalue weighted by molar-refractivity contribution is 6.14. The number of nitrogens with zero attached hydrogens (tertiary/aromatic N) is 3. The summed E-state index contributed by atoms with van der Waals surface area (Å²) in [6.07, 6.45) is 1.73. The number of ether oxygens (including phenoxy) is 3. The van der Waals surface area contributed by atoms with Gasteiger partial charge in [-0.3, -0.25) is 4.79 Å². The molecule has 1 fully saturated rings. The third-order valence-corrected chi connectivity index (χ3v) is 5.85. The van der Waals surface area contributed by atoms with Gasteiger partial charge in [0.15, 0.2) is 11.5 Å². The first kappa shape index (κ1) is 21.3. The van der Waals surface area contributed by atoms with E-state index in [0.29, 0.717) is 53.6 Å². The largest absolute Gasteiger partial charge is 0.486 e. The van der Waals surface area contributed by atoms with Crippen LogP contribution in [0.1, 0.15) is 24.2 Å². The Morgan fingerprint density at radius 2 is 1.94 bits per heavy atom. The summed E-state index contributed by atoms with van der Waals surface area (Å²) in [6.45, 7) is 6.95. The van der Waals surface area contributed by atoms with Gasteiger partial charge in [0.25, 0.3) is 5.91 Å². The molecule has 2 atom stereocenters. The van der Waals surface area contributed by atoms with Crippen LogP contribution in [0.25, 0.3) is 10.9 Å². The molecule has 9 heteroatoms. The maximum Gasteiger partial charge on any atom is 0.316 e. The minimum absolute atomic E-state index is 0.213. The predicted molar refractivity (Wildman–Crippen MR) is 126 cm³/mol. The number of anilines is 2. The SMILES string of the molecule is COc1ncc2c(N3CC(C)NC(C)C3)ccc(C(=O)Nc3cccc4c3OCCO4)c2n1. The van der Waals surface area contributed by atoms with E-state index in [1.54, 1.807) is 12.3 Å². The van der Waals surface area contributed by atoms with Crippen LogP contribution >= 0.6 is 0 Å². The fourth-order valence-electron chi connectivity index (χ4n) is 4.53. The fraction of sp³-hybridized carbons (Fsp3) is 0.375. The van der Waals surface area contributed by atoms with Crippen LogP contribution in [-0.2, 0) is 0 Å². The highest BCUT2D eigenvalue weighted by Crippen LogP contribution is 2.38. The van der Waals surface area contributed by atoms with Crippen LogP contribution in [0.3, 0.4) is 0 Å². The second kappa shape index (κ2) is 8.74. The molecule has 33 heavy (non-hydrogen) atoms. The smallest absolute Gasteiger partial charge is 0.316 e. The first-order chi connectivity index (χ1) is 16.0.